The van der Waals surface area contributed by atoms with E-state index in [1.807, 2.05) is 38.1 Å². The number of carbonyl (C=O) groups excluding carboxylic acids is 2. The highest BCUT2D eigenvalue weighted by Crippen LogP contribution is 2.25. The molecule has 2 N–H and O–H groups in total. The molecule has 2 aromatic carbocycles. The van der Waals surface area contributed by atoms with Crippen molar-refractivity contribution in [2.45, 2.75) is 46.1 Å². The Kier molecular flexibility index (Phi) is 7.87. The SMILES string of the molecule is CCC(C)Oc1cccc(C(=O)NNC(=O)COc2ccccc2C(C)C)c1. The Bertz CT molecular complexity index is 805. The number of rotatable bonds is 8. The van der Waals surface area contributed by atoms with Crippen molar-refractivity contribution < 1.29 is 19.1 Å². The van der Waals surface area contributed by atoms with Gasteiger partial charge in [-0.3, -0.25) is 20.4 Å². The summed E-state index contributed by atoms with van der Waals surface area (Å²) in [5.41, 5.74) is 6.18. The molecule has 150 valence electrons. The number of ether oxygens (including phenoxy) is 2. The van der Waals surface area contributed by atoms with E-state index in [4.69, 9.17) is 9.47 Å². The van der Waals surface area contributed by atoms with Crippen molar-refractivity contribution in [3.8, 4) is 11.5 Å². The van der Waals surface area contributed by atoms with Gasteiger partial charge in [-0.1, -0.05) is 45.0 Å². The third kappa shape index (κ3) is 6.30. The zero-order valence-corrected chi connectivity index (χ0v) is 16.8. The van der Waals surface area contributed by atoms with Gasteiger partial charge in [-0.15, -0.1) is 0 Å². The van der Waals surface area contributed by atoms with Gasteiger partial charge >= 0.3 is 0 Å². The molecule has 2 amide bonds. The predicted octanol–water partition coefficient (Wildman–Crippen LogP) is 3.83. The van der Waals surface area contributed by atoms with E-state index in [1.54, 1.807) is 24.3 Å². The highest BCUT2D eigenvalue weighted by Gasteiger charge is 2.12. The van der Waals surface area contributed by atoms with Gasteiger partial charge in [0, 0.05) is 5.56 Å². The van der Waals surface area contributed by atoms with Crippen molar-refractivity contribution in [2.75, 3.05) is 6.61 Å². The van der Waals surface area contributed by atoms with Crippen molar-refractivity contribution in [1.82, 2.24) is 10.9 Å². The van der Waals surface area contributed by atoms with Gasteiger partial charge in [0.25, 0.3) is 11.8 Å². The van der Waals surface area contributed by atoms with E-state index in [-0.39, 0.29) is 18.6 Å². The lowest BCUT2D eigenvalue weighted by molar-refractivity contribution is -0.123. The fourth-order valence-electron chi connectivity index (χ4n) is 2.49. The van der Waals surface area contributed by atoms with Crippen molar-refractivity contribution >= 4 is 11.8 Å². The van der Waals surface area contributed by atoms with Gasteiger partial charge in [-0.25, -0.2) is 0 Å². The number of para-hydroxylation sites is 1. The molecule has 0 aliphatic carbocycles. The highest BCUT2D eigenvalue weighted by atomic mass is 16.5. The molecule has 28 heavy (non-hydrogen) atoms. The molecule has 1 atom stereocenters. The Morgan fingerprint density at radius 1 is 1.00 bits per heavy atom. The number of hydrogen-bond acceptors (Lipinski definition) is 4. The number of hydrogen-bond donors (Lipinski definition) is 2. The monoisotopic (exact) mass is 384 g/mol. The zero-order chi connectivity index (χ0) is 20.5. The summed E-state index contributed by atoms with van der Waals surface area (Å²) < 4.78 is 11.3. The Hall–Kier alpha value is -3.02. The molecule has 6 heteroatoms. The fourth-order valence-corrected chi connectivity index (χ4v) is 2.49. The predicted molar refractivity (Wildman–Crippen MR) is 108 cm³/mol. The second kappa shape index (κ2) is 10.3. The summed E-state index contributed by atoms with van der Waals surface area (Å²) >= 11 is 0. The minimum atomic E-state index is -0.445. The molecule has 0 heterocycles. The van der Waals surface area contributed by atoms with E-state index in [0.717, 1.165) is 12.0 Å². The van der Waals surface area contributed by atoms with Crippen molar-refractivity contribution in [3.05, 3.63) is 59.7 Å². The average molecular weight is 384 g/mol. The number of hydrazine groups is 1. The highest BCUT2D eigenvalue weighted by molar-refractivity contribution is 5.95. The molecule has 0 saturated heterocycles. The minimum absolute atomic E-state index is 0.0591. The van der Waals surface area contributed by atoms with Crippen LogP contribution < -0.4 is 20.3 Å². The molecular formula is C22H28N2O4. The lowest BCUT2D eigenvalue weighted by Crippen LogP contribution is -2.43. The topological polar surface area (TPSA) is 76.7 Å². The molecule has 1 unspecified atom stereocenters. The van der Waals surface area contributed by atoms with E-state index in [9.17, 15) is 9.59 Å². The lowest BCUT2D eigenvalue weighted by Gasteiger charge is -2.14. The molecule has 0 bridgehead atoms. The Balaban J connectivity index is 1.86. The quantitative estimate of drug-likeness (QED) is 0.678. The van der Waals surface area contributed by atoms with Crippen LogP contribution in [-0.2, 0) is 4.79 Å². The number of carbonyl (C=O) groups is 2. The summed E-state index contributed by atoms with van der Waals surface area (Å²) in [4.78, 5) is 24.3. The zero-order valence-electron chi connectivity index (χ0n) is 16.8. The van der Waals surface area contributed by atoms with Crippen LogP contribution in [0.1, 0.15) is 56.0 Å². The summed E-state index contributed by atoms with van der Waals surface area (Å²) in [5, 5.41) is 0. The molecule has 0 radical (unpaired) electrons. The molecular weight excluding hydrogens is 356 g/mol. The first-order valence-corrected chi connectivity index (χ1v) is 9.48. The third-order valence-electron chi connectivity index (χ3n) is 4.22. The Labute approximate surface area is 166 Å². The van der Waals surface area contributed by atoms with Crippen molar-refractivity contribution in [3.63, 3.8) is 0 Å². The third-order valence-corrected chi connectivity index (χ3v) is 4.22. The van der Waals surface area contributed by atoms with E-state index in [1.165, 1.54) is 0 Å². The van der Waals surface area contributed by atoms with Crippen molar-refractivity contribution in [2.24, 2.45) is 0 Å². The molecule has 2 rings (SSSR count). The van der Waals surface area contributed by atoms with Crippen molar-refractivity contribution in [1.29, 1.82) is 0 Å². The average Bonchev–Trinajstić information content (AvgIpc) is 2.70. The van der Waals surface area contributed by atoms with Gasteiger partial charge < -0.3 is 9.47 Å². The van der Waals surface area contributed by atoms with E-state index in [2.05, 4.69) is 24.7 Å². The minimum Gasteiger partial charge on any atom is -0.491 e. The van der Waals surface area contributed by atoms with Crippen LogP contribution >= 0.6 is 0 Å². The van der Waals surface area contributed by atoms with Gasteiger partial charge in [0.05, 0.1) is 6.10 Å². The summed E-state index contributed by atoms with van der Waals surface area (Å²) in [6, 6.07) is 14.4. The van der Waals surface area contributed by atoms with Gasteiger partial charge in [0.2, 0.25) is 0 Å². The first kappa shape index (κ1) is 21.3. The van der Waals surface area contributed by atoms with Gasteiger partial charge in [-0.2, -0.15) is 0 Å². The molecule has 0 aliphatic heterocycles. The van der Waals surface area contributed by atoms with Crippen LogP contribution in [-0.4, -0.2) is 24.5 Å². The fraction of sp³-hybridized carbons (Fsp3) is 0.364. The first-order valence-electron chi connectivity index (χ1n) is 9.48. The van der Waals surface area contributed by atoms with Crippen LogP contribution in [0.3, 0.4) is 0 Å². The van der Waals surface area contributed by atoms with Crippen LogP contribution in [0.2, 0.25) is 0 Å². The molecule has 6 nitrogen and oxygen atoms in total. The maximum Gasteiger partial charge on any atom is 0.276 e. The van der Waals surface area contributed by atoms with Gasteiger partial charge in [0.1, 0.15) is 11.5 Å². The van der Waals surface area contributed by atoms with E-state index < -0.39 is 11.8 Å². The van der Waals surface area contributed by atoms with Gasteiger partial charge in [0.15, 0.2) is 6.61 Å². The first-order chi connectivity index (χ1) is 13.4. The smallest absolute Gasteiger partial charge is 0.276 e. The normalized spacial score (nSPS) is 11.6. The van der Waals surface area contributed by atoms with Crippen LogP contribution in [0.25, 0.3) is 0 Å². The molecule has 0 saturated carbocycles. The second-order valence-electron chi connectivity index (χ2n) is 6.85. The summed E-state index contributed by atoms with van der Waals surface area (Å²) in [6.07, 6.45) is 0.927. The summed E-state index contributed by atoms with van der Waals surface area (Å²) in [5.74, 6) is 0.684. The van der Waals surface area contributed by atoms with E-state index in [0.29, 0.717) is 17.1 Å². The second-order valence-corrected chi connectivity index (χ2v) is 6.85. The molecule has 2 aromatic rings. The van der Waals surface area contributed by atoms with Crippen LogP contribution in [0.15, 0.2) is 48.5 Å². The molecule has 0 aromatic heterocycles. The van der Waals surface area contributed by atoms with Crippen LogP contribution in [0, 0.1) is 0 Å². The number of nitrogens with one attached hydrogen (secondary N) is 2. The molecule has 0 fully saturated rings. The van der Waals surface area contributed by atoms with E-state index >= 15 is 0 Å². The Morgan fingerprint density at radius 2 is 1.75 bits per heavy atom. The maximum absolute atomic E-state index is 12.3. The number of amides is 2. The summed E-state index contributed by atoms with van der Waals surface area (Å²) in [7, 11) is 0. The maximum atomic E-state index is 12.3. The number of benzene rings is 2. The largest absolute Gasteiger partial charge is 0.491 e. The standard InChI is InChI=1S/C22H28N2O4/c1-5-16(4)28-18-10-8-9-17(13-18)22(26)24-23-21(25)14-27-20-12-7-6-11-19(20)15(2)3/h6-13,15-16H,5,14H2,1-4H3,(H,23,25)(H,24,26). The van der Waals surface area contributed by atoms with Crippen LogP contribution in [0.4, 0.5) is 0 Å². The molecule has 0 aliphatic rings. The lowest BCUT2D eigenvalue weighted by atomic mass is 10.0. The molecule has 0 spiro atoms. The summed E-state index contributed by atoms with van der Waals surface area (Å²) in [6.45, 7) is 7.91. The van der Waals surface area contributed by atoms with Crippen LogP contribution in [0.5, 0.6) is 11.5 Å². The van der Waals surface area contributed by atoms with Gasteiger partial charge in [-0.05, 0) is 49.1 Å². The Morgan fingerprint density at radius 3 is 2.46 bits per heavy atom.